The number of unbranched alkanes of at least 4 members (excludes halogenated alkanes) is 11. The van der Waals surface area contributed by atoms with Gasteiger partial charge in [0.2, 0.25) is 0 Å². The molecule has 1 N–H and O–H groups in total. The summed E-state index contributed by atoms with van der Waals surface area (Å²) in [5.74, 6) is 0.212. The molecule has 0 saturated heterocycles. The first-order chi connectivity index (χ1) is 9.63. The fraction of sp³-hybridized carbons (Fsp3) is 0.944. The quantitative estimate of drug-likeness (QED) is 0.305. The Balaban J connectivity index is 0. The van der Waals surface area contributed by atoms with Gasteiger partial charge in [0.25, 0.3) is 0 Å². The van der Waals surface area contributed by atoms with Crippen LogP contribution < -0.4 is 0 Å². The van der Waals surface area contributed by atoms with Gasteiger partial charge in [-0.05, 0) is 12.3 Å². The number of aliphatic carboxylic acids is 1. The van der Waals surface area contributed by atoms with Crippen molar-refractivity contribution in [3.05, 3.63) is 0 Å². The maximum absolute atomic E-state index is 10.3. The second kappa shape index (κ2) is 18.8. The predicted molar refractivity (Wildman–Crippen MR) is 92.9 cm³/mol. The molecular formula is C18H36CaO2. The number of carbonyl (C=O) groups is 1. The summed E-state index contributed by atoms with van der Waals surface area (Å²) in [4.78, 5) is 10.3. The molecule has 0 aliphatic rings. The van der Waals surface area contributed by atoms with Crippen molar-refractivity contribution in [3.63, 3.8) is 0 Å². The van der Waals surface area contributed by atoms with Gasteiger partial charge in [0.05, 0.1) is 0 Å². The van der Waals surface area contributed by atoms with Gasteiger partial charge in [0.15, 0.2) is 0 Å². The first-order valence-electron chi connectivity index (χ1n) is 8.84. The van der Waals surface area contributed by atoms with Gasteiger partial charge in [-0.1, -0.05) is 90.9 Å². The molecule has 0 fully saturated rings. The summed E-state index contributed by atoms with van der Waals surface area (Å²) in [5, 5.41) is 8.52. The van der Waals surface area contributed by atoms with E-state index in [0.717, 1.165) is 18.8 Å². The smallest absolute Gasteiger partial charge is 0.303 e. The molecule has 0 bridgehead atoms. The summed E-state index contributed by atoms with van der Waals surface area (Å²) < 4.78 is 0. The van der Waals surface area contributed by atoms with E-state index in [1.54, 1.807) is 0 Å². The van der Waals surface area contributed by atoms with Crippen molar-refractivity contribution in [2.24, 2.45) is 5.92 Å². The third kappa shape index (κ3) is 23.1. The molecule has 0 rings (SSSR count). The van der Waals surface area contributed by atoms with Crippen molar-refractivity contribution < 1.29 is 9.90 Å². The maximum atomic E-state index is 10.3. The Labute approximate surface area is 162 Å². The normalized spacial score (nSPS) is 10.6. The molecule has 2 nitrogen and oxygen atoms in total. The Bertz CT molecular complexity index is 217. The van der Waals surface area contributed by atoms with Gasteiger partial charge < -0.3 is 5.11 Å². The van der Waals surface area contributed by atoms with E-state index in [9.17, 15) is 4.79 Å². The molecule has 0 spiro atoms. The van der Waals surface area contributed by atoms with Gasteiger partial charge >= 0.3 is 5.97 Å². The Morgan fingerprint density at radius 2 is 1.05 bits per heavy atom. The van der Waals surface area contributed by atoms with Crippen LogP contribution in [0.1, 0.15) is 104 Å². The van der Waals surface area contributed by atoms with Gasteiger partial charge in [-0.15, -0.1) is 0 Å². The molecular weight excluding hydrogens is 288 g/mol. The van der Waals surface area contributed by atoms with Crippen molar-refractivity contribution in [3.8, 4) is 0 Å². The fourth-order valence-corrected chi connectivity index (χ4v) is 2.60. The number of hydrogen-bond donors (Lipinski definition) is 1. The SMILES string of the molecule is CC(C)CCCCCCCCCCCCCCC(=O)O.[Ca]. The van der Waals surface area contributed by atoms with Crippen molar-refractivity contribution >= 4 is 43.7 Å². The monoisotopic (exact) mass is 324 g/mol. The van der Waals surface area contributed by atoms with Crippen molar-refractivity contribution in [2.75, 3.05) is 0 Å². The number of carboxylic acid groups (broad SMARTS) is 1. The van der Waals surface area contributed by atoms with Gasteiger partial charge in [0.1, 0.15) is 0 Å². The second-order valence-corrected chi connectivity index (χ2v) is 6.57. The van der Waals surface area contributed by atoms with E-state index in [1.165, 1.54) is 70.6 Å². The minimum Gasteiger partial charge on any atom is -0.481 e. The van der Waals surface area contributed by atoms with E-state index >= 15 is 0 Å². The molecule has 0 aromatic rings. The Morgan fingerprint density at radius 1 is 0.714 bits per heavy atom. The third-order valence-corrected chi connectivity index (χ3v) is 3.92. The van der Waals surface area contributed by atoms with E-state index in [0.29, 0.717) is 6.42 Å². The van der Waals surface area contributed by atoms with Crippen LogP contribution in [0.3, 0.4) is 0 Å². The molecule has 122 valence electrons. The molecule has 3 heteroatoms. The van der Waals surface area contributed by atoms with Gasteiger partial charge in [-0.2, -0.15) is 0 Å². The van der Waals surface area contributed by atoms with Crippen LogP contribution in [0.15, 0.2) is 0 Å². The molecule has 0 aromatic heterocycles. The summed E-state index contributed by atoms with van der Waals surface area (Å²) in [5.41, 5.74) is 0. The molecule has 0 unspecified atom stereocenters. The van der Waals surface area contributed by atoms with Gasteiger partial charge in [-0.25, -0.2) is 0 Å². The summed E-state index contributed by atoms with van der Waals surface area (Å²) in [6, 6.07) is 0. The zero-order valence-corrected chi connectivity index (χ0v) is 16.7. The Kier molecular flexibility index (Phi) is 21.5. The number of carboxylic acids is 1. The fourth-order valence-electron chi connectivity index (χ4n) is 2.60. The van der Waals surface area contributed by atoms with Crippen LogP contribution in [-0.4, -0.2) is 48.8 Å². The predicted octanol–water partition coefficient (Wildman–Crippen LogP) is 5.81. The van der Waals surface area contributed by atoms with E-state index in [2.05, 4.69) is 13.8 Å². The van der Waals surface area contributed by atoms with E-state index in [4.69, 9.17) is 5.11 Å². The molecule has 0 aliphatic heterocycles. The maximum Gasteiger partial charge on any atom is 0.303 e. The standard InChI is InChI=1S/C18H36O2.Ca/c1-17(2)15-13-11-9-7-5-3-4-6-8-10-12-14-16-18(19)20;/h17H,3-16H2,1-2H3,(H,19,20);. The zero-order chi connectivity index (χ0) is 15.1. The summed E-state index contributed by atoms with van der Waals surface area (Å²) in [6.07, 6.45) is 17.3. The average molecular weight is 325 g/mol. The van der Waals surface area contributed by atoms with Crippen LogP contribution >= 0.6 is 0 Å². The van der Waals surface area contributed by atoms with Crippen LogP contribution in [0.5, 0.6) is 0 Å². The molecule has 0 heterocycles. The van der Waals surface area contributed by atoms with Crippen LogP contribution in [0, 0.1) is 5.92 Å². The summed E-state index contributed by atoms with van der Waals surface area (Å²) in [6.45, 7) is 4.61. The van der Waals surface area contributed by atoms with Gasteiger partial charge in [0, 0.05) is 44.2 Å². The van der Waals surface area contributed by atoms with Gasteiger partial charge in [-0.3, -0.25) is 4.79 Å². The average Bonchev–Trinajstić information content (AvgIpc) is 2.38. The summed E-state index contributed by atoms with van der Waals surface area (Å²) in [7, 11) is 0. The molecule has 0 amide bonds. The van der Waals surface area contributed by atoms with Crippen LogP contribution in [0.4, 0.5) is 0 Å². The van der Waals surface area contributed by atoms with Crippen molar-refractivity contribution in [1.29, 1.82) is 0 Å². The topological polar surface area (TPSA) is 37.3 Å². The molecule has 21 heavy (non-hydrogen) atoms. The third-order valence-electron chi connectivity index (χ3n) is 3.92. The van der Waals surface area contributed by atoms with Crippen molar-refractivity contribution in [2.45, 2.75) is 104 Å². The number of rotatable bonds is 15. The first-order valence-corrected chi connectivity index (χ1v) is 8.84. The molecule has 2 radical (unpaired) electrons. The number of hydrogen-bond acceptors (Lipinski definition) is 1. The molecule has 0 saturated carbocycles. The minimum absolute atomic E-state index is 0. The minimum atomic E-state index is -0.654. The zero-order valence-electron chi connectivity index (χ0n) is 14.5. The van der Waals surface area contributed by atoms with E-state index in [-0.39, 0.29) is 37.7 Å². The Hall–Kier alpha value is 0.730. The molecule has 0 aliphatic carbocycles. The van der Waals surface area contributed by atoms with Crippen LogP contribution in [-0.2, 0) is 4.79 Å². The van der Waals surface area contributed by atoms with Crippen molar-refractivity contribution in [1.82, 2.24) is 0 Å². The van der Waals surface area contributed by atoms with Crippen LogP contribution in [0.25, 0.3) is 0 Å². The summed E-state index contributed by atoms with van der Waals surface area (Å²) >= 11 is 0. The molecule has 0 aromatic carbocycles. The van der Waals surface area contributed by atoms with E-state index in [1.807, 2.05) is 0 Å². The van der Waals surface area contributed by atoms with E-state index < -0.39 is 5.97 Å². The largest absolute Gasteiger partial charge is 0.481 e. The molecule has 0 atom stereocenters. The van der Waals surface area contributed by atoms with Crippen LogP contribution in [0.2, 0.25) is 0 Å². The second-order valence-electron chi connectivity index (χ2n) is 6.57. The Morgan fingerprint density at radius 3 is 1.38 bits per heavy atom. The first kappa shape index (κ1) is 24.0.